The molecule has 1 aromatic carbocycles. The van der Waals surface area contributed by atoms with Gasteiger partial charge in [-0.05, 0) is 5.30 Å². The zero-order valence-corrected chi connectivity index (χ0v) is 5.45. The molecule has 0 spiro atoms. The standard InChI is InChI=1S/C6H7OP/c7-5-1-3-6(8)4-2-5/h1-4,7H,8H2/p-1. The monoisotopic (exact) mass is 125 g/mol. The third kappa shape index (κ3) is 1.21. The first-order valence-electron chi connectivity index (χ1n) is 2.31. The van der Waals surface area contributed by atoms with E-state index in [-0.39, 0.29) is 5.75 Å². The number of rotatable bonds is 0. The molecule has 0 aliphatic carbocycles. The van der Waals surface area contributed by atoms with Gasteiger partial charge in [-0.15, -0.1) is 15.0 Å². The molecule has 0 bridgehead atoms. The quantitative estimate of drug-likeness (QED) is 0.456. The molecule has 1 atom stereocenters. The highest BCUT2D eigenvalue weighted by molar-refractivity contribution is 7.27. The molecule has 0 heterocycles. The van der Waals surface area contributed by atoms with Gasteiger partial charge in [-0.3, -0.25) is 0 Å². The Bertz CT molecular complexity index is 147. The Morgan fingerprint density at radius 1 is 1.12 bits per heavy atom. The van der Waals surface area contributed by atoms with Crippen LogP contribution in [-0.4, -0.2) is 0 Å². The third-order valence-electron chi connectivity index (χ3n) is 0.880. The molecular formula is C6H6OP-. The summed E-state index contributed by atoms with van der Waals surface area (Å²) >= 11 is 0. The summed E-state index contributed by atoms with van der Waals surface area (Å²) in [6, 6.07) is 6.63. The molecule has 1 aromatic rings. The summed E-state index contributed by atoms with van der Waals surface area (Å²) in [6.07, 6.45) is 0. The van der Waals surface area contributed by atoms with Crippen molar-refractivity contribution in [2.75, 3.05) is 0 Å². The smallest absolute Gasteiger partial charge is 0.0303 e. The second kappa shape index (κ2) is 2.15. The van der Waals surface area contributed by atoms with Gasteiger partial charge in [0.05, 0.1) is 0 Å². The summed E-state index contributed by atoms with van der Waals surface area (Å²) in [5.74, 6) is 0.0659. The Kier molecular flexibility index (Phi) is 1.50. The van der Waals surface area contributed by atoms with Crippen molar-refractivity contribution >= 4 is 14.5 Å². The average Bonchev–Trinajstić information content (AvgIpc) is 1.77. The summed E-state index contributed by atoms with van der Waals surface area (Å²) in [4.78, 5) is 0. The van der Waals surface area contributed by atoms with Crippen LogP contribution in [0.3, 0.4) is 0 Å². The van der Waals surface area contributed by atoms with Crippen molar-refractivity contribution in [2.45, 2.75) is 0 Å². The van der Waals surface area contributed by atoms with Crippen molar-refractivity contribution in [1.82, 2.24) is 0 Å². The lowest BCUT2D eigenvalue weighted by atomic mass is 10.3. The summed E-state index contributed by atoms with van der Waals surface area (Å²) in [5.41, 5.74) is 0. The molecule has 0 amide bonds. The van der Waals surface area contributed by atoms with E-state index >= 15 is 0 Å². The Balaban J connectivity index is 3.03. The van der Waals surface area contributed by atoms with Crippen LogP contribution >= 0.6 is 9.24 Å². The molecule has 0 fully saturated rings. The first kappa shape index (κ1) is 5.58. The largest absolute Gasteiger partial charge is 0.872 e. The molecule has 1 nitrogen and oxygen atoms in total. The normalized spacial score (nSPS) is 9.12. The van der Waals surface area contributed by atoms with Crippen LogP contribution < -0.4 is 10.4 Å². The van der Waals surface area contributed by atoms with Gasteiger partial charge < -0.3 is 5.11 Å². The Morgan fingerprint density at radius 2 is 1.62 bits per heavy atom. The van der Waals surface area contributed by atoms with E-state index in [1.165, 1.54) is 0 Å². The maximum atomic E-state index is 10.4. The van der Waals surface area contributed by atoms with Gasteiger partial charge in [-0.2, -0.15) is 0 Å². The lowest BCUT2D eigenvalue weighted by molar-refractivity contribution is -0.268. The van der Waals surface area contributed by atoms with Crippen LogP contribution in [0.5, 0.6) is 5.75 Å². The Hall–Kier alpha value is -0.550. The van der Waals surface area contributed by atoms with Gasteiger partial charge in [0.2, 0.25) is 0 Å². The molecule has 0 aliphatic heterocycles. The highest BCUT2D eigenvalue weighted by atomic mass is 31.0. The maximum absolute atomic E-state index is 10.4. The molecule has 0 N–H and O–H groups in total. The van der Waals surface area contributed by atoms with Gasteiger partial charge in [-0.25, -0.2) is 0 Å². The highest BCUT2D eigenvalue weighted by Crippen LogP contribution is 1.99. The zero-order chi connectivity index (χ0) is 5.98. The minimum absolute atomic E-state index is 0.0659. The summed E-state index contributed by atoms with van der Waals surface area (Å²) in [7, 11) is 2.51. The minimum Gasteiger partial charge on any atom is -0.872 e. The molecule has 2 heteroatoms. The lowest BCUT2D eigenvalue weighted by Crippen LogP contribution is -1.92. The third-order valence-corrected chi connectivity index (χ3v) is 1.26. The van der Waals surface area contributed by atoms with E-state index in [0.29, 0.717) is 0 Å². The number of hydrogen-bond donors (Lipinski definition) is 0. The van der Waals surface area contributed by atoms with E-state index in [1.807, 2.05) is 0 Å². The minimum atomic E-state index is 0.0659. The van der Waals surface area contributed by atoms with Crippen molar-refractivity contribution in [3.05, 3.63) is 24.3 Å². The highest BCUT2D eigenvalue weighted by Gasteiger charge is 1.75. The molecule has 1 rings (SSSR count). The predicted molar refractivity (Wildman–Crippen MR) is 35.2 cm³/mol. The molecule has 0 aliphatic rings. The molecule has 42 valence electrons. The second-order valence-electron chi connectivity index (χ2n) is 1.57. The zero-order valence-electron chi connectivity index (χ0n) is 4.29. The van der Waals surface area contributed by atoms with Crippen molar-refractivity contribution in [3.63, 3.8) is 0 Å². The molecule has 8 heavy (non-hydrogen) atoms. The van der Waals surface area contributed by atoms with Crippen LogP contribution in [0.4, 0.5) is 0 Å². The predicted octanol–water partition coefficient (Wildman–Crippen LogP) is 0.261. The fourth-order valence-corrected chi connectivity index (χ4v) is 0.660. The number of hydrogen-bond acceptors (Lipinski definition) is 1. The molecule has 0 saturated carbocycles. The van der Waals surface area contributed by atoms with Gasteiger partial charge in [0.15, 0.2) is 0 Å². The van der Waals surface area contributed by atoms with Crippen LogP contribution in [0.2, 0.25) is 0 Å². The summed E-state index contributed by atoms with van der Waals surface area (Å²) in [5, 5.41) is 11.5. The Morgan fingerprint density at radius 3 is 2.00 bits per heavy atom. The average molecular weight is 125 g/mol. The van der Waals surface area contributed by atoms with E-state index in [4.69, 9.17) is 0 Å². The van der Waals surface area contributed by atoms with Gasteiger partial charge >= 0.3 is 0 Å². The molecule has 0 saturated heterocycles. The molecule has 1 unspecified atom stereocenters. The van der Waals surface area contributed by atoms with E-state index in [2.05, 4.69) is 9.24 Å². The first-order valence-corrected chi connectivity index (χ1v) is 2.89. The van der Waals surface area contributed by atoms with E-state index in [9.17, 15) is 5.11 Å². The lowest BCUT2D eigenvalue weighted by Gasteiger charge is -2.01. The van der Waals surface area contributed by atoms with E-state index in [0.717, 1.165) is 5.30 Å². The van der Waals surface area contributed by atoms with Gasteiger partial charge in [0.1, 0.15) is 0 Å². The van der Waals surface area contributed by atoms with E-state index < -0.39 is 0 Å². The van der Waals surface area contributed by atoms with Crippen LogP contribution in [0.1, 0.15) is 0 Å². The van der Waals surface area contributed by atoms with Crippen LogP contribution in [-0.2, 0) is 0 Å². The van der Waals surface area contributed by atoms with Crippen LogP contribution in [0.15, 0.2) is 24.3 Å². The van der Waals surface area contributed by atoms with Crippen molar-refractivity contribution in [1.29, 1.82) is 0 Å². The molecule has 0 aromatic heterocycles. The number of benzene rings is 1. The summed E-state index contributed by atoms with van der Waals surface area (Å²) < 4.78 is 0. The Labute approximate surface area is 50.6 Å². The second-order valence-corrected chi connectivity index (χ2v) is 2.24. The van der Waals surface area contributed by atoms with Gasteiger partial charge in [-0.1, -0.05) is 24.3 Å². The molecule has 0 radical (unpaired) electrons. The van der Waals surface area contributed by atoms with Crippen molar-refractivity contribution in [2.24, 2.45) is 0 Å². The topological polar surface area (TPSA) is 23.1 Å². The first-order chi connectivity index (χ1) is 3.79. The van der Waals surface area contributed by atoms with E-state index in [1.54, 1.807) is 24.3 Å². The summed E-state index contributed by atoms with van der Waals surface area (Å²) in [6.45, 7) is 0. The van der Waals surface area contributed by atoms with Gasteiger partial charge in [0, 0.05) is 0 Å². The fourth-order valence-electron chi connectivity index (χ4n) is 0.468. The SMILES string of the molecule is [O-]c1ccc(P)cc1. The molecular weight excluding hydrogens is 119 g/mol. The van der Waals surface area contributed by atoms with Crippen LogP contribution in [0, 0.1) is 0 Å². The van der Waals surface area contributed by atoms with Crippen molar-refractivity contribution in [3.8, 4) is 5.75 Å². The maximum Gasteiger partial charge on any atom is -0.0303 e. The van der Waals surface area contributed by atoms with Crippen molar-refractivity contribution < 1.29 is 5.11 Å². The van der Waals surface area contributed by atoms with Gasteiger partial charge in [0.25, 0.3) is 0 Å². The van der Waals surface area contributed by atoms with Crippen LogP contribution in [0.25, 0.3) is 0 Å². The fraction of sp³-hybridized carbons (Fsp3) is 0.